The highest BCUT2D eigenvalue weighted by Crippen LogP contribution is 2.28. The number of rotatable bonds is 6. The van der Waals surface area contributed by atoms with E-state index in [0.717, 1.165) is 12.5 Å². The van der Waals surface area contributed by atoms with Crippen LogP contribution in [0.25, 0.3) is 0 Å². The molecule has 1 N–H and O–H groups in total. The Kier molecular flexibility index (Phi) is 6.20. The van der Waals surface area contributed by atoms with Gasteiger partial charge in [0, 0.05) is 7.11 Å². The Balaban J connectivity index is 2.13. The van der Waals surface area contributed by atoms with E-state index in [0.29, 0.717) is 6.10 Å². The van der Waals surface area contributed by atoms with Gasteiger partial charge in [0.15, 0.2) is 0 Å². The molecular weight excluding hydrogens is 174 g/mol. The van der Waals surface area contributed by atoms with Gasteiger partial charge in [0.25, 0.3) is 0 Å². The van der Waals surface area contributed by atoms with Crippen molar-refractivity contribution in [2.24, 2.45) is 5.92 Å². The van der Waals surface area contributed by atoms with Gasteiger partial charge in [-0.25, -0.2) is 0 Å². The summed E-state index contributed by atoms with van der Waals surface area (Å²) in [6.45, 7) is 4.54. The van der Waals surface area contributed by atoms with Crippen molar-refractivity contribution in [2.45, 2.75) is 51.6 Å². The molecule has 0 saturated heterocycles. The molecule has 0 aliphatic heterocycles. The molecule has 0 spiro atoms. The molecule has 1 aliphatic carbocycles. The molecule has 0 aromatic rings. The second kappa shape index (κ2) is 7.24. The number of hydrogen-bond acceptors (Lipinski definition) is 2. The molecular formula is C12H25NO. The van der Waals surface area contributed by atoms with E-state index in [1.165, 1.54) is 45.1 Å². The first-order chi connectivity index (χ1) is 6.88. The largest absolute Gasteiger partial charge is 0.381 e. The van der Waals surface area contributed by atoms with Gasteiger partial charge in [-0.05, 0) is 44.7 Å². The van der Waals surface area contributed by atoms with Crippen molar-refractivity contribution in [3.8, 4) is 0 Å². The Bertz CT molecular complexity index is 138. The minimum Gasteiger partial charge on any atom is -0.381 e. The molecule has 0 heterocycles. The van der Waals surface area contributed by atoms with Crippen LogP contribution in [-0.4, -0.2) is 26.3 Å². The summed E-state index contributed by atoms with van der Waals surface area (Å²) in [6, 6.07) is 0. The standard InChI is InChI=1S/C12H25NO/c1-3-9-13-10-8-11-6-4-5-7-12(11)14-2/h11-13H,3-10H2,1-2H3/t11-,12-/m1/s1. The van der Waals surface area contributed by atoms with E-state index in [1.54, 1.807) is 0 Å². The van der Waals surface area contributed by atoms with Crippen molar-refractivity contribution in [3.63, 3.8) is 0 Å². The summed E-state index contributed by atoms with van der Waals surface area (Å²) >= 11 is 0. The molecule has 1 saturated carbocycles. The lowest BCUT2D eigenvalue weighted by atomic mass is 9.84. The van der Waals surface area contributed by atoms with Gasteiger partial charge in [-0.3, -0.25) is 0 Å². The predicted molar refractivity (Wildman–Crippen MR) is 60.5 cm³/mol. The fourth-order valence-corrected chi connectivity index (χ4v) is 2.40. The third kappa shape index (κ3) is 3.97. The number of hydrogen-bond donors (Lipinski definition) is 1. The highest BCUT2D eigenvalue weighted by molar-refractivity contribution is 4.76. The maximum atomic E-state index is 5.53. The Morgan fingerprint density at radius 3 is 2.71 bits per heavy atom. The topological polar surface area (TPSA) is 21.3 Å². The summed E-state index contributed by atoms with van der Waals surface area (Å²) in [5.41, 5.74) is 0. The molecule has 84 valence electrons. The fourth-order valence-electron chi connectivity index (χ4n) is 2.40. The van der Waals surface area contributed by atoms with Gasteiger partial charge in [-0.2, -0.15) is 0 Å². The van der Waals surface area contributed by atoms with Gasteiger partial charge >= 0.3 is 0 Å². The fraction of sp³-hybridized carbons (Fsp3) is 1.00. The minimum absolute atomic E-state index is 0.534. The lowest BCUT2D eigenvalue weighted by molar-refractivity contribution is 0.0206. The Hall–Kier alpha value is -0.0800. The van der Waals surface area contributed by atoms with Crippen molar-refractivity contribution >= 4 is 0 Å². The summed E-state index contributed by atoms with van der Waals surface area (Å²) in [7, 11) is 1.86. The van der Waals surface area contributed by atoms with Crippen LogP contribution in [0, 0.1) is 5.92 Å². The molecule has 1 aliphatic rings. The van der Waals surface area contributed by atoms with E-state index in [1.807, 2.05) is 7.11 Å². The average molecular weight is 199 g/mol. The van der Waals surface area contributed by atoms with E-state index in [2.05, 4.69) is 12.2 Å². The van der Waals surface area contributed by atoms with Crippen molar-refractivity contribution in [3.05, 3.63) is 0 Å². The summed E-state index contributed by atoms with van der Waals surface area (Å²) in [6.07, 6.45) is 8.46. The van der Waals surface area contributed by atoms with Crippen LogP contribution in [0.4, 0.5) is 0 Å². The monoisotopic (exact) mass is 199 g/mol. The van der Waals surface area contributed by atoms with Gasteiger partial charge in [0.05, 0.1) is 6.10 Å². The van der Waals surface area contributed by atoms with Gasteiger partial charge in [0.2, 0.25) is 0 Å². The lowest BCUT2D eigenvalue weighted by Gasteiger charge is -2.30. The van der Waals surface area contributed by atoms with Crippen LogP contribution < -0.4 is 5.32 Å². The molecule has 2 nitrogen and oxygen atoms in total. The van der Waals surface area contributed by atoms with Crippen molar-refractivity contribution in [1.82, 2.24) is 5.32 Å². The molecule has 14 heavy (non-hydrogen) atoms. The van der Waals surface area contributed by atoms with E-state index in [9.17, 15) is 0 Å². The van der Waals surface area contributed by atoms with Crippen LogP contribution in [0.5, 0.6) is 0 Å². The molecule has 0 aromatic heterocycles. The first-order valence-electron chi connectivity index (χ1n) is 6.12. The lowest BCUT2D eigenvalue weighted by Crippen LogP contribution is -2.30. The Labute approximate surface area is 88.4 Å². The molecule has 2 atom stereocenters. The van der Waals surface area contributed by atoms with Crippen molar-refractivity contribution in [2.75, 3.05) is 20.2 Å². The first-order valence-corrected chi connectivity index (χ1v) is 6.12. The normalized spacial score (nSPS) is 27.9. The van der Waals surface area contributed by atoms with Gasteiger partial charge in [0.1, 0.15) is 0 Å². The second-order valence-corrected chi connectivity index (χ2v) is 4.36. The van der Waals surface area contributed by atoms with Crippen LogP contribution in [0.15, 0.2) is 0 Å². The number of methoxy groups -OCH3 is 1. The van der Waals surface area contributed by atoms with Crippen molar-refractivity contribution in [1.29, 1.82) is 0 Å². The smallest absolute Gasteiger partial charge is 0.0600 e. The minimum atomic E-state index is 0.534. The van der Waals surface area contributed by atoms with Crippen LogP contribution in [0.3, 0.4) is 0 Å². The average Bonchev–Trinajstić information content (AvgIpc) is 2.25. The highest BCUT2D eigenvalue weighted by atomic mass is 16.5. The predicted octanol–water partition coefficient (Wildman–Crippen LogP) is 2.58. The van der Waals surface area contributed by atoms with Gasteiger partial charge in [-0.15, -0.1) is 0 Å². The Morgan fingerprint density at radius 2 is 2.00 bits per heavy atom. The van der Waals surface area contributed by atoms with E-state index in [-0.39, 0.29) is 0 Å². The summed E-state index contributed by atoms with van der Waals surface area (Å²) in [5.74, 6) is 0.804. The highest BCUT2D eigenvalue weighted by Gasteiger charge is 2.23. The number of nitrogens with one attached hydrogen (secondary N) is 1. The molecule has 1 rings (SSSR count). The summed E-state index contributed by atoms with van der Waals surface area (Å²) in [4.78, 5) is 0. The van der Waals surface area contributed by atoms with Gasteiger partial charge in [-0.1, -0.05) is 19.8 Å². The quantitative estimate of drug-likeness (QED) is 0.664. The van der Waals surface area contributed by atoms with Crippen LogP contribution >= 0.6 is 0 Å². The van der Waals surface area contributed by atoms with E-state index < -0.39 is 0 Å². The van der Waals surface area contributed by atoms with E-state index >= 15 is 0 Å². The molecule has 1 fully saturated rings. The molecule has 2 heteroatoms. The Morgan fingerprint density at radius 1 is 1.21 bits per heavy atom. The zero-order valence-electron chi connectivity index (χ0n) is 9.72. The molecule has 0 aromatic carbocycles. The van der Waals surface area contributed by atoms with Crippen LogP contribution in [-0.2, 0) is 4.74 Å². The third-order valence-corrected chi connectivity index (χ3v) is 3.26. The zero-order chi connectivity index (χ0) is 10.2. The van der Waals surface area contributed by atoms with Crippen molar-refractivity contribution < 1.29 is 4.74 Å². The van der Waals surface area contributed by atoms with E-state index in [4.69, 9.17) is 4.74 Å². The second-order valence-electron chi connectivity index (χ2n) is 4.36. The third-order valence-electron chi connectivity index (χ3n) is 3.26. The molecule has 0 unspecified atom stereocenters. The number of ether oxygens (including phenoxy) is 1. The summed E-state index contributed by atoms with van der Waals surface area (Å²) in [5, 5.41) is 3.47. The molecule has 0 bridgehead atoms. The molecule has 0 radical (unpaired) electrons. The SMILES string of the molecule is CCCNCC[C@H]1CCCC[C@H]1OC. The summed E-state index contributed by atoms with van der Waals surface area (Å²) < 4.78 is 5.53. The van der Waals surface area contributed by atoms with Crippen LogP contribution in [0.1, 0.15) is 45.4 Å². The maximum Gasteiger partial charge on any atom is 0.0600 e. The van der Waals surface area contributed by atoms with Gasteiger partial charge < -0.3 is 10.1 Å². The first kappa shape index (κ1) is 12.0. The zero-order valence-corrected chi connectivity index (χ0v) is 9.72. The maximum absolute atomic E-state index is 5.53. The van der Waals surface area contributed by atoms with Crippen LogP contribution in [0.2, 0.25) is 0 Å². The molecule has 0 amide bonds.